The van der Waals surface area contributed by atoms with Gasteiger partial charge in [0.2, 0.25) is 0 Å². The Morgan fingerprint density at radius 3 is 1.28 bits per heavy atom. The molecule has 2 aliphatic heterocycles. The Morgan fingerprint density at radius 1 is 0.478 bits per heavy atom. The topological polar surface area (TPSA) is 32.8 Å². The van der Waals surface area contributed by atoms with Gasteiger partial charge >= 0.3 is 0 Å². The first-order valence-electron chi connectivity index (χ1n) is 17.6. The lowest BCUT2D eigenvalue weighted by Crippen LogP contribution is -2.35. The lowest BCUT2D eigenvalue weighted by atomic mass is 9.86. The molecule has 0 saturated carbocycles. The highest BCUT2D eigenvalue weighted by molar-refractivity contribution is 6.27. The maximum Gasteiger partial charge on any atom is 0.136 e. The molecule has 4 heterocycles. The first kappa shape index (κ1) is 28.1. The highest BCUT2D eigenvalue weighted by atomic mass is 16.3. The molecule has 0 spiro atoms. The molecule has 2 fully saturated rings. The van der Waals surface area contributed by atoms with Crippen LogP contribution in [0.1, 0.15) is 53.4 Å². The second-order valence-electron chi connectivity index (χ2n) is 14.9. The van der Waals surface area contributed by atoms with Gasteiger partial charge in [0.25, 0.3) is 0 Å². The van der Waals surface area contributed by atoms with Crippen LogP contribution in [0.15, 0.2) is 81.6 Å². The van der Waals surface area contributed by atoms with E-state index < -0.39 is 0 Å². The monoisotopic (exact) mass is 608 g/mol. The van der Waals surface area contributed by atoms with E-state index in [-0.39, 0.29) is 0 Å². The van der Waals surface area contributed by atoms with Crippen LogP contribution in [0.5, 0.6) is 0 Å². The van der Waals surface area contributed by atoms with Gasteiger partial charge in [-0.2, -0.15) is 0 Å². The van der Waals surface area contributed by atoms with Gasteiger partial charge < -0.3 is 18.6 Å². The second kappa shape index (κ2) is 10.7. The average Bonchev–Trinajstić information content (AvgIpc) is 3.62. The molecule has 234 valence electrons. The van der Waals surface area contributed by atoms with Crippen LogP contribution in [0.4, 0.5) is 11.4 Å². The van der Waals surface area contributed by atoms with Gasteiger partial charge in [-0.15, -0.1) is 0 Å². The van der Waals surface area contributed by atoms with Crippen molar-refractivity contribution in [2.45, 2.75) is 53.4 Å². The normalized spacial score (nSPS) is 17.4. The molecule has 2 aromatic heterocycles. The first-order chi connectivity index (χ1) is 22.4. The summed E-state index contributed by atoms with van der Waals surface area (Å²) in [5.74, 6) is 3.23. The largest absolute Gasteiger partial charge is 0.456 e. The third kappa shape index (κ3) is 4.55. The predicted octanol–water partition coefficient (Wildman–Crippen LogP) is 11.5. The number of anilines is 2. The van der Waals surface area contributed by atoms with Crippen LogP contribution in [0.25, 0.3) is 65.4 Å². The molecule has 0 aliphatic carbocycles. The van der Waals surface area contributed by atoms with E-state index in [0.29, 0.717) is 0 Å². The molecule has 0 N–H and O–H groups in total. The molecular formula is C42H44N2O2. The quantitative estimate of drug-likeness (QED) is 0.199. The molecule has 9 rings (SSSR count). The van der Waals surface area contributed by atoms with Crippen LogP contribution in [-0.4, -0.2) is 26.2 Å². The molecule has 0 bridgehead atoms. The van der Waals surface area contributed by atoms with Crippen molar-refractivity contribution in [3.8, 4) is 0 Å². The summed E-state index contributed by atoms with van der Waals surface area (Å²) in [5, 5.41) is 9.57. The van der Waals surface area contributed by atoms with E-state index in [1.54, 1.807) is 0 Å². The standard InChI is InChI=1S/C42H44N2O2/c1-25(2)27-11-15-43(16-12-27)33-7-5-29-21-35-39(23-31(29)19-33)45-37-9-10-38-42(41(35)37)36-22-30-6-8-34(20-32(30)24-40(36)46-38)44-17-13-28(14-18-44)26(3)4/h5-10,19-28H,11-18H2,1-4H3. The van der Waals surface area contributed by atoms with Gasteiger partial charge in [-0.3, -0.25) is 0 Å². The fourth-order valence-electron chi connectivity index (χ4n) is 8.64. The molecule has 4 nitrogen and oxygen atoms in total. The van der Waals surface area contributed by atoms with E-state index in [0.717, 1.165) is 93.7 Å². The van der Waals surface area contributed by atoms with Crippen molar-refractivity contribution >= 4 is 76.8 Å². The number of benzene rings is 5. The summed E-state index contributed by atoms with van der Waals surface area (Å²) in [7, 11) is 0. The predicted molar refractivity (Wildman–Crippen MR) is 196 cm³/mol. The Hall–Kier alpha value is -4.18. The molecule has 0 unspecified atom stereocenters. The fraction of sp³-hybridized carbons (Fsp3) is 0.381. The summed E-state index contributed by atoms with van der Waals surface area (Å²) in [4.78, 5) is 5.12. The number of nitrogens with zero attached hydrogens (tertiary/aromatic N) is 2. The van der Waals surface area contributed by atoms with Crippen molar-refractivity contribution in [1.29, 1.82) is 0 Å². The lowest BCUT2D eigenvalue weighted by Gasteiger charge is -2.35. The van der Waals surface area contributed by atoms with Gasteiger partial charge in [0.05, 0.1) is 0 Å². The smallest absolute Gasteiger partial charge is 0.136 e. The van der Waals surface area contributed by atoms with E-state index in [4.69, 9.17) is 8.83 Å². The Balaban J connectivity index is 1.10. The minimum Gasteiger partial charge on any atom is -0.456 e. The summed E-state index contributed by atoms with van der Waals surface area (Å²) >= 11 is 0. The highest BCUT2D eigenvalue weighted by Gasteiger charge is 2.24. The molecule has 0 amide bonds. The molecule has 5 aromatic carbocycles. The van der Waals surface area contributed by atoms with Crippen molar-refractivity contribution in [3.05, 3.63) is 72.8 Å². The Kier molecular flexibility index (Phi) is 6.52. The molecule has 2 aliphatic rings. The van der Waals surface area contributed by atoms with Crippen molar-refractivity contribution in [2.75, 3.05) is 36.0 Å². The lowest BCUT2D eigenvalue weighted by molar-refractivity contribution is 0.311. The van der Waals surface area contributed by atoms with Crippen molar-refractivity contribution in [3.63, 3.8) is 0 Å². The zero-order valence-electron chi connectivity index (χ0n) is 27.6. The maximum absolute atomic E-state index is 6.54. The van der Waals surface area contributed by atoms with Crippen LogP contribution in [0.3, 0.4) is 0 Å². The Morgan fingerprint density at radius 2 is 0.891 bits per heavy atom. The SMILES string of the molecule is CC(C)C1CCN(c2ccc3cc4c(cc3c2)oc2ccc3oc5cc6cc(N7CCC(C(C)C)CC7)ccc6cc5c3c24)CC1. The molecule has 4 heteroatoms. The van der Waals surface area contributed by atoms with E-state index in [2.05, 4.69) is 110 Å². The minimum absolute atomic E-state index is 0.771. The fourth-order valence-corrected chi connectivity index (χ4v) is 8.64. The van der Waals surface area contributed by atoms with Gasteiger partial charge in [0, 0.05) is 59.1 Å². The Labute approximate surface area is 270 Å². The molecule has 7 aromatic rings. The number of rotatable bonds is 4. The summed E-state index contributed by atoms with van der Waals surface area (Å²) in [5.41, 5.74) is 6.35. The van der Waals surface area contributed by atoms with Crippen molar-refractivity contribution in [1.82, 2.24) is 0 Å². The first-order valence-corrected chi connectivity index (χ1v) is 17.6. The van der Waals surface area contributed by atoms with Crippen LogP contribution in [0.2, 0.25) is 0 Å². The molecular weight excluding hydrogens is 564 g/mol. The van der Waals surface area contributed by atoms with Crippen LogP contribution in [-0.2, 0) is 0 Å². The summed E-state index contributed by atoms with van der Waals surface area (Å²) < 4.78 is 13.1. The summed E-state index contributed by atoms with van der Waals surface area (Å²) in [6.45, 7) is 14.0. The van der Waals surface area contributed by atoms with E-state index in [9.17, 15) is 0 Å². The van der Waals surface area contributed by atoms with Crippen molar-refractivity contribution in [2.24, 2.45) is 23.7 Å². The van der Waals surface area contributed by atoms with E-state index >= 15 is 0 Å². The third-order valence-corrected chi connectivity index (χ3v) is 11.6. The number of furan rings is 2. The molecule has 0 atom stereocenters. The zero-order chi connectivity index (χ0) is 31.1. The number of hydrogen-bond acceptors (Lipinski definition) is 4. The third-order valence-electron chi connectivity index (χ3n) is 11.6. The minimum atomic E-state index is 0.771. The number of piperidine rings is 2. The van der Waals surface area contributed by atoms with Gasteiger partial charge in [-0.05, 0) is 132 Å². The van der Waals surface area contributed by atoms with Gasteiger partial charge in [-0.25, -0.2) is 0 Å². The molecule has 0 radical (unpaired) electrons. The zero-order valence-corrected chi connectivity index (χ0v) is 27.6. The average molecular weight is 609 g/mol. The number of fused-ring (bicyclic) bond motifs is 9. The van der Waals surface area contributed by atoms with Gasteiger partial charge in [0.1, 0.15) is 22.3 Å². The van der Waals surface area contributed by atoms with Crippen molar-refractivity contribution < 1.29 is 8.83 Å². The van der Waals surface area contributed by atoms with Crippen LogP contribution < -0.4 is 9.80 Å². The van der Waals surface area contributed by atoms with E-state index in [1.165, 1.54) is 58.6 Å². The molecule has 2 saturated heterocycles. The Bertz CT molecular complexity index is 2090. The van der Waals surface area contributed by atoms with Gasteiger partial charge in [-0.1, -0.05) is 39.8 Å². The molecule has 46 heavy (non-hydrogen) atoms. The number of hydrogen-bond donors (Lipinski definition) is 0. The summed E-state index contributed by atoms with van der Waals surface area (Å²) in [6, 6.07) is 27.2. The second-order valence-corrected chi connectivity index (χ2v) is 14.9. The van der Waals surface area contributed by atoms with Gasteiger partial charge in [0.15, 0.2) is 0 Å². The van der Waals surface area contributed by atoms with E-state index in [1.807, 2.05) is 0 Å². The summed E-state index contributed by atoms with van der Waals surface area (Å²) in [6.07, 6.45) is 5.11. The van der Waals surface area contributed by atoms with Crippen LogP contribution >= 0.6 is 0 Å². The van der Waals surface area contributed by atoms with Crippen LogP contribution in [0, 0.1) is 23.7 Å². The maximum atomic E-state index is 6.54. The highest BCUT2D eigenvalue weighted by Crippen LogP contribution is 2.43.